The molecular weight excluding hydrogens is 340 g/mol. The molecule has 0 aliphatic carbocycles. The first-order valence-electron chi connectivity index (χ1n) is 9.02. The number of pyridine rings is 1. The molecule has 0 spiro atoms. The van der Waals surface area contributed by atoms with Crippen LogP contribution in [0.4, 0.5) is 0 Å². The summed E-state index contributed by atoms with van der Waals surface area (Å²) < 4.78 is 3.69. The van der Waals surface area contributed by atoms with Crippen molar-refractivity contribution < 1.29 is 4.79 Å². The van der Waals surface area contributed by atoms with Gasteiger partial charge in [-0.1, -0.05) is 24.3 Å². The normalized spacial score (nSPS) is 16.9. The van der Waals surface area contributed by atoms with E-state index in [4.69, 9.17) is 0 Å². The molecule has 1 saturated heterocycles. The van der Waals surface area contributed by atoms with Crippen molar-refractivity contribution in [1.29, 1.82) is 0 Å². The number of carbonyl (C=O) groups is 1. The molecule has 1 aliphatic heterocycles. The topological polar surface area (TPSA) is 68.3 Å². The fourth-order valence-electron chi connectivity index (χ4n) is 3.69. The van der Waals surface area contributed by atoms with Crippen molar-refractivity contribution in [2.45, 2.75) is 18.9 Å². The predicted molar refractivity (Wildman–Crippen MR) is 99.6 cm³/mol. The maximum absolute atomic E-state index is 13.1. The Morgan fingerprint density at radius 3 is 2.78 bits per heavy atom. The third-order valence-corrected chi connectivity index (χ3v) is 5.00. The summed E-state index contributed by atoms with van der Waals surface area (Å²) in [4.78, 5) is 15.0. The zero-order chi connectivity index (χ0) is 18.2. The number of amides is 1. The third-order valence-electron chi connectivity index (χ3n) is 5.00. The lowest BCUT2D eigenvalue weighted by Crippen LogP contribution is -2.31. The van der Waals surface area contributed by atoms with Crippen molar-refractivity contribution in [2.24, 2.45) is 0 Å². The van der Waals surface area contributed by atoms with Crippen LogP contribution in [0.25, 0.3) is 11.3 Å². The van der Waals surface area contributed by atoms with Gasteiger partial charge in [0.25, 0.3) is 5.91 Å². The Morgan fingerprint density at radius 2 is 1.89 bits per heavy atom. The first kappa shape index (κ1) is 15.7. The van der Waals surface area contributed by atoms with Crippen molar-refractivity contribution in [3.63, 3.8) is 0 Å². The van der Waals surface area contributed by atoms with Gasteiger partial charge in [-0.05, 0) is 37.1 Å². The minimum Gasteiger partial charge on any atom is -0.328 e. The van der Waals surface area contributed by atoms with E-state index >= 15 is 0 Å². The zero-order valence-corrected chi connectivity index (χ0v) is 14.6. The maximum Gasteiger partial charge on any atom is 0.257 e. The number of hydrogen-bond donors (Lipinski definition) is 0. The summed E-state index contributed by atoms with van der Waals surface area (Å²) in [7, 11) is 0. The minimum atomic E-state index is -0.0741. The average Bonchev–Trinajstić information content (AvgIpc) is 3.46. The number of hydrogen-bond acceptors (Lipinski definition) is 4. The Balaban J connectivity index is 1.45. The van der Waals surface area contributed by atoms with Gasteiger partial charge in [-0.3, -0.25) is 9.20 Å². The standard InChI is InChI=1S/C20H18N6O/c27-20(15-13-21-26(14-15)16-7-2-1-3-8-16)24-12-6-9-17(24)19-23-22-18-10-4-5-11-25(18)19/h1-5,7-8,10-11,13-14,17H,6,9,12H2. The molecule has 5 rings (SSSR count). The number of carbonyl (C=O) groups excluding carboxylic acids is 1. The van der Waals surface area contributed by atoms with E-state index in [0.717, 1.165) is 30.0 Å². The Kier molecular flexibility index (Phi) is 3.71. The molecule has 134 valence electrons. The van der Waals surface area contributed by atoms with Gasteiger partial charge in [-0.2, -0.15) is 5.10 Å². The van der Waals surface area contributed by atoms with Crippen molar-refractivity contribution in [1.82, 2.24) is 29.3 Å². The smallest absolute Gasteiger partial charge is 0.257 e. The molecule has 27 heavy (non-hydrogen) atoms. The minimum absolute atomic E-state index is 0.0210. The first-order chi connectivity index (χ1) is 13.3. The number of aromatic nitrogens is 5. The highest BCUT2D eigenvalue weighted by atomic mass is 16.2. The van der Waals surface area contributed by atoms with Crippen LogP contribution in [0.3, 0.4) is 0 Å². The molecule has 1 unspecified atom stereocenters. The van der Waals surface area contributed by atoms with Gasteiger partial charge in [0.05, 0.1) is 23.5 Å². The van der Waals surface area contributed by atoms with Gasteiger partial charge in [0.1, 0.15) is 0 Å². The maximum atomic E-state index is 13.1. The third kappa shape index (κ3) is 2.68. The zero-order valence-electron chi connectivity index (χ0n) is 14.6. The van der Waals surface area contributed by atoms with Crippen molar-refractivity contribution in [3.8, 4) is 5.69 Å². The molecule has 0 N–H and O–H groups in total. The van der Waals surface area contributed by atoms with E-state index in [1.807, 2.05) is 64.0 Å². The van der Waals surface area contributed by atoms with Crippen LogP contribution in [-0.4, -0.2) is 41.7 Å². The molecule has 1 atom stereocenters. The van der Waals surface area contributed by atoms with Gasteiger partial charge in [0.15, 0.2) is 11.5 Å². The quantitative estimate of drug-likeness (QED) is 0.565. The van der Waals surface area contributed by atoms with E-state index in [1.54, 1.807) is 17.1 Å². The molecule has 0 bridgehead atoms. The molecular formula is C20H18N6O. The van der Waals surface area contributed by atoms with E-state index in [0.29, 0.717) is 12.1 Å². The SMILES string of the molecule is O=C(c1cnn(-c2ccccc2)c1)N1CCCC1c1nnc2ccccn12. The van der Waals surface area contributed by atoms with Gasteiger partial charge in [0.2, 0.25) is 0 Å². The van der Waals surface area contributed by atoms with Gasteiger partial charge in [-0.25, -0.2) is 4.68 Å². The molecule has 7 nitrogen and oxygen atoms in total. The fraction of sp³-hybridized carbons (Fsp3) is 0.200. The van der Waals surface area contributed by atoms with Gasteiger partial charge < -0.3 is 4.90 Å². The second-order valence-electron chi connectivity index (χ2n) is 6.65. The Hall–Kier alpha value is -3.48. The first-order valence-corrected chi connectivity index (χ1v) is 9.02. The molecule has 1 fully saturated rings. The van der Waals surface area contributed by atoms with Crippen LogP contribution in [-0.2, 0) is 0 Å². The second-order valence-corrected chi connectivity index (χ2v) is 6.65. The van der Waals surface area contributed by atoms with Crippen LogP contribution in [0, 0.1) is 0 Å². The number of nitrogens with zero attached hydrogens (tertiary/aromatic N) is 6. The Bertz CT molecular complexity index is 1100. The lowest BCUT2D eigenvalue weighted by molar-refractivity contribution is 0.0729. The molecule has 7 heteroatoms. The number of likely N-dealkylation sites (tertiary alicyclic amines) is 1. The molecule has 1 aliphatic rings. The molecule has 0 radical (unpaired) electrons. The van der Waals surface area contributed by atoms with Crippen molar-refractivity contribution in [3.05, 3.63) is 78.5 Å². The van der Waals surface area contributed by atoms with Crippen LogP contribution < -0.4 is 0 Å². The van der Waals surface area contributed by atoms with Crippen LogP contribution in [0.2, 0.25) is 0 Å². The Morgan fingerprint density at radius 1 is 1.04 bits per heavy atom. The van der Waals surface area contributed by atoms with Gasteiger partial charge in [-0.15, -0.1) is 10.2 Å². The molecule has 4 heterocycles. The summed E-state index contributed by atoms with van der Waals surface area (Å²) in [5.41, 5.74) is 2.31. The number of benzene rings is 1. The second kappa shape index (κ2) is 6.35. The summed E-state index contributed by atoms with van der Waals surface area (Å²) in [6.45, 7) is 0.710. The summed E-state index contributed by atoms with van der Waals surface area (Å²) in [5, 5.41) is 12.9. The van der Waals surface area contributed by atoms with Crippen LogP contribution in [0.1, 0.15) is 35.1 Å². The van der Waals surface area contributed by atoms with Gasteiger partial charge >= 0.3 is 0 Å². The monoisotopic (exact) mass is 358 g/mol. The number of rotatable bonds is 3. The lowest BCUT2D eigenvalue weighted by Gasteiger charge is -2.22. The van der Waals surface area contributed by atoms with Crippen LogP contribution in [0.5, 0.6) is 0 Å². The summed E-state index contributed by atoms with van der Waals surface area (Å²) >= 11 is 0. The fourth-order valence-corrected chi connectivity index (χ4v) is 3.69. The van der Waals surface area contributed by atoms with E-state index in [2.05, 4.69) is 15.3 Å². The van der Waals surface area contributed by atoms with Crippen LogP contribution in [0.15, 0.2) is 67.1 Å². The van der Waals surface area contributed by atoms with E-state index in [1.165, 1.54) is 0 Å². The summed E-state index contributed by atoms with van der Waals surface area (Å²) in [6, 6.07) is 15.5. The lowest BCUT2D eigenvalue weighted by atomic mass is 10.2. The van der Waals surface area contributed by atoms with Gasteiger partial charge in [0, 0.05) is 18.9 Å². The molecule has 3 aromatic heterocycles. The highest BCUT2D eigenvalue weighted by molar-refractivity contribution is 5.94. The highest BCUT2D eigenvalue weighted by Gasteiger charge is 2.34. The van der Waals surface area contributed by atoms with E-state index in [9.17, 15) is 4.79 Å². The largest absolute Gasteiger partial charge is 0.328 e. The molecule has 4 aromatic rings. The van der Waals surface area contributed by atoms with Crippen molar-refractivity contribution >= 4 is 11.6 Å². The predicted octanol–water partition coefficient (Wildman–Crippen LogP) is 2.89. The van der Waals surface area contributed by atoms with E-state index < -0.39 is 0 Å². The van der Waals surface area contributed by atoms with Crippen LogP contribution >= 0.6 is 0 Å². The Labute approximate surface area is 155 Å². The van der Waals surface area contributed by atoms with Crippen molar-refractivity contribution in [2.75, 3.05) is 6.54 Å². The average molecular weight is 358 g/mol. The summed E-state index contributed by atoms with van der Waals surface area (Å²) in [6.07, 6.45) is 7.19. The number of fused-ring (bicyclic) bond motifs is 1. The summed E-state index contributed by atoms with van der Waals surface area (Å²) in [5.74, 6) is 0.791. The number of para-hydroxylation sites is 1. The highest BCUT2D eigenvalue weighted by Crippen LogP contribution is 2.32. The van der Waals surface area contributed by atoms with E-state index in [-0.39, 0.29) is 11.9 Å². The molecule has 1 aromatic carbocycles. The molecule has 0 saturated carbocycles. The molecule has 1 amide bonds.